The van der Waals surface area contributed by atoms with Gasteiger partial charge in [-0.15, -0.1) is 0 Å². The van der Waals surface area contributed by atoms with Gasteiger partial charge in [0.05, 0.1) is 12.1 Å². The monoisotopic (exact) mass is 446 g/mol. The van der Waals surface area contributed by atoms with Crippen molar-refractivity contribution in [3.8, 4) is 5.75 Å². The van der Waals surface area contributed by atoms with Crippen LogP contribution in [0.1, 0.15) is 28.7 Å². The molecule has 1 saturated carbocycles. The van der Waals surface area contributed by atoms with Crippen molar-refractivity contribution >= 4 is 12.1 Å². The minimum absolute atomic E-state index is 0.0632. The van der Waals surface area contributed by atoms with Gasteiger partial charge in [0.2, 0.25) is 5.91 Å². The van der Waals surface area contributed by atoms with Crippen LogP contribution in [0.3, 0.4) is 0 Å². The maximum atomic E-state index is 13.0. The van der Waals surface area contributed by atoms with Gasteiger partial charge < -0.3 is 4.74 Å². The summed E-state index contributed by atoms with van der Waals surface area (Å²) in [6, 6.07) is 38.2. The summed E-state index contributed by atoms with van der Waals surface area (Å²) in [6.07, 6.45) is 2.43. The van der Waals surface area contributed by atoms with E-state index >= 15 is 0 Å². The van der Waals surface area contributed by atoms with Crippen molar-refractivity contribution in [1.29, 1.82) is 0 Å². The molecule has 1 fully saturated rings. The number of nitrogens with one attached hydrogen (secondary N) is 1. The van der Waals surface area contributed by atoms with E-state index in [-0.39, 0.29) is 17.2 Å². The second-order valence-electron chi connectivity index (χ2n) is 8.54. The number of nitrogens with zero attached hydrogens (tertiary/aromatic N) is 1. The molecule has 1 amide bonds. The Kier molecular flexibility index (Phi) is 6.21. The molecule has 1 N–H and O–H groups in total. The molecular formula is C30H26N2O2. The first-order valence-electron chi connectivity index (χ1n) is 11.5. The third kappa shape index (κ3) is 4.62. The zero-order valence-corrected chi connectivity index (χ0v) is 18.8. The summed E-state index contributed by atoms with van der Waals surface area (Å²) < 4.78 is 5.82. The molecule has 0 saturated heterocycles. The zero-order valence-electron chi connectivity index (χ0n) is 18.8. The van der Waals surface area contributed by atoms with Crippen LogP contribution in [0.2, 0.25) is 0 Å². The number of hydrazone groups is 1. The first-order chi connectivity index (χ1) is 16.8. The fourth-order valence-corrected chi connectivity index (χ4v) is 4.49. The molecule has 0 aromatic heterocycles. The van der Waals surface area contributed by atoms with E-state index in [4.69, 9.17) is 4.74 Å². The molecule has 4 heteroatoms. The fourth-order valence-electron chi connectivity index (χ4n) is 4.49. The van der Waals surface area contributed by atoms with E-state index in [1.54, 1.807) is 6.21 Å². The summed E-state index contributed by atoms with van der Waals surface area (Å²) in [4.78, 5) is 13.0. The highest BCUT2D eigenvalue weighted by molar-refractivity contribution is 5.87. The molecule has 34 heavy (non-hydrogen) atoms. The Hall–Kier alpha value is -4.18. The molecule has 4 aromatic carbocycles. The van der Waals surface area contributed by atoms with Crippen LogP contribution >= 0.6 is 0 Å². The highest BCUT2D eigenvalue weighted by Gasteiger charge is 2.60. The van der Waals surface area contributed by atoms with Crippen molar-refractivity contribution in [2.45, 2.75) is 18.4 Å². The van der Waals surface area contributed by atoms with Gasteiger partial charge in [-0.25, -0.2) is 5.43 Å². The highest BCUT2D eigenvalue weighted by atomic mass is 16.5. The number of hydrogen-bond acceptors (Lipinski definition) is 3. The minimum atomic E-state index is -0.292. The molecule has 0 spiro atoms. The van der Waals surface area contributed by atoms with Gasteiger partial charge in [-0.2, -0.15) is 5.10 Å². The van der Waals surface area contributed by atoms with Gasteiger partial charge in [-0.05, 0) is 52.9 Å². The summed E-state index contributed by atoms with van der Waals surface area (Å²) in [5.74, 6) is 0.577. The SMILES string of the molecule is O=C(NN=Cc1ccc(OCc2ccccc2)cc1)C1CC1(c1ccccc1)c1ccccc1. The number of carbonyl (C=O) groups excluding carboxylic acids is 1. The van der Waals surface area contributed by atoms with Crippen LogP contribution in [0.5, 0.6) is 5.75 Å². The smallest absolute Gasteiger partial charge is 0.244 e. The average molecular weight is 447 g/mol. The largest absolute Gasteiger partial charge is 0.489 e. The summed E-state index contributed by atoms with van der Waals surface area (Å²) in [7, 11) is 0. The predicted octanol–water partition coefficient (Wildman–Crippen LogP) is 5.72. The van der Waals surface area contributed by atoms with E-state index in [9.17, 15) is 4.79 Å². The Morgan fingerprint density at radius 2 is 1.38 bits per heavy atom. The van der Waals surface area contributed by atoms with E-state index in [1.165, 1.54) is 0 Å². The standard InChI is InChI=1S/C30H26N2O2/c33-29(28-20-30(28,25-12-6-2-7-13-25)26-14-8-3-9-15-26)32-31-21-23-16-18-27(19-17-23)34-22-24-10-4-1-5-11-24/h1-19,21,28H,20,22H2,(H,32,33). The van der Waals surface area contributed by atoms with Crippen molar-refractivity contribution in [2.24, 2.45) is 11.0 Å². The zero-order chi connectivity index (χ0) is 23.2. The van der Waals surface area contributed by atoms with Gasteiger partial charge >= 0.3 is 0 Å². The molecule has 4 nitrogen and oxygen atoms in total. The van der Waals surface area contributed by atoms with E-state index < -0.39 is 0 Å². The van der Waals surface area contributed by atoms with Crippen LogP contribution < -0.4 is 10.2 Å². The van der Waals surface area contributed by atoms with E-state index in [0.29, 0.717) is 6.61 Å². The second-order valence-corrected chi connectivity index (χ2v) is 8.54. The topological polar surface area (TPSA) is 50.7 Å². The Morgan fingerprint density at radius 3 is 1.97 bits per heavy atom. The molecule has 1 aliphatic carbocycles. The summed E-state index contributed by atoms with van der Waals surface area (Å²) in [6.45, 7) is 0.524. The maximum absolute atomic E-state index is 13.0. The Balaban J connectivity index is 1.21. The molecule has 0 heterocycles. The molecule has 0 bridgehead atoms. The average Bonchev–Trinajstić information content (AvgIpc) is 3.67. The quantitative estimate of drug-likeness (QED) is 0.278. The second kappa shape index (κ2) is 9.75. The summed E-state index contributed by atoms with van der Waals surface area (Å²) >= 11 is 0. The van der Waals surface area contributed by atoms with Crippen molar-refractivity contribution in [3.05, 3.63) is 138 Å². The van der Waals surface area contributed by atoms with Crippen LogP contribution in [0, 0.1) is 5.92 Å². The van der Waals surface area contributed by atoms with Gasteiger partial charge in [0, 0.05) is 5.41 Å². The molecule has 1 unspecified atom stereocenters. The molecular weight excluding hydrogens is 420 g/mol. The van der Waals surface area contributed by atoms with Gasteiger partial charge in [0.25, 0.3) is 0 Å². The molecule has 0 radical (unpaired) electrons. The van der Waals surface area contributed by atoms with Crippen LogP contribution in [0.15, 0.2) is 120 Å². The third-order valence-electron chi connectivity index (χ3n) is 6.37. The summed E-state index contributed by atoms with van der Waals surface area (Å²) in [5.41, 5.74) is 6.80. The van der Waals surface area contributed by atoms with Crippen LogP contribution in [0.25, 0.3) is 0 Å². The number of hydrogen-bond donors (Lipinski definition) is 1. The van der Waals surface area contributed by atoms with E-state index in [0.717, 1.165) is 34.4 Å². The Labute approximate surface area is 199 Å². The van der Waals surface area contributed by atoms with Crippen molar-refractivity contribution in [3.63, 3.8) is 0 Å². The predicted molar refractivity (Wildman–Crippen MR) is 135 cm³/mol. The van der Waals surface area contributed by atoms with Gasteiger partial charge in [0.15, 0.2) is 0 Å². The molecule has 5 rings (SSSR count). The van der Waals surface area contributed by atoms with Gasteiger partial charge in [-0.3, -0.25) is 4.79 Å². The van der Waals surface area contributed by atoms with Crippen LogP contribution in [0.4, 0.5) is 0 Å². The number of rotatable bonds is 8. The van der Waals surface area contributed by atoms with E-state index in [2.05, 4.69) is 34.8 Å². The first kappa shape index (κ1) is 21.7. The molecule has 1 atom stereocenters. The maximum Gasteiger partial charge on any atom is 0.244 e. The minimum Gasteiger partial charge on any atom is -0.489 e. The molecule has 168 valence electrons. The van der Waals surface area contributed by atoms with Gasteiger partial charge in [0.1, 0.15) is 12.4 Å². The Morgan fingerprint density at radius 1 is 0.824 bits per heavy atom. The number of amides is 1. The normalized spacial score (nSPS) is 16.2. The Bertz CT molecular complexity index is 1210. The lowest BCUT2D eigenvalue weighted by molar-refractivity contribution is -0.122. The number of carbonyl (C=O) groups is 1. The van der Waals surface area contributed by atoms with Crippen molar-refractivity contribution < 1.29 is 9.53 Å². The molecule has 0 aliphatic heterocycles. The first-order valence-corrected chi connectivity index (χ1v) is 11.5. The van der Waals surface area contributed by atoms with Gasteiger partial charge in [-0.1, -0.05) is 91.0 Å². The van der Waals surface area contributed by atoms with Crippen LogP contribution in [-0.4, -0.2) is 12.1 Å². The molecule has 4 aromatic rings. The fraction of sp³-hybridized carbons (Fsp3) is 0.133. The lowest BCUT2D eigenvalue weighted by atomic mass is 9.85. The lowest BCUT2D eigenvalue weighted by Gasteiger charge is -2.18. The number of benzene rings is 4. The van der Waals surface area contributed by atoms with E-state index in [1.807, 2.05) is 91.0 Å². The highest BCUT2D eigenvalue weighted by Crippen LogP contribution is 2.58. The number of ether oxygens (including phenoxy) is 1. The van der Waals surface area contributed by atoms with Crippen LogP contribution in [-0.2, 0) is 16.8 Å². The molecule has 1 aliphatic rings. The third-order valence-corrected chi connectivity index (χ3v) is 6.37. The van der Waals surface area contributed by atoms with Crippen molar-refractivity contribution in [2.75, 3.05) is 0 Å². The van der Waals surface area contributed by atoms with Crippen molar-refractivity contribution in [1.82, 2.24) is 5.43 Å². The summed E-state index contributed by atoms with van der Waals surface area (Å²) in [5, 5.41) is 4.21. The lowest BCUT2D eigenvalue weighted by Crippen LogP contribution is -2.25.